The molecule has 1 aliphatic carbocycles. The first-order valence-corrected chi connectivity index (χ1v) is 13.9. The number of hydrogen-bond donors (Lipinski definition) is 0. The zero-order valence-electron chi connectivity index (χ0n) is 22.8. The molecule has 1 aliphatic rings. The van der Waals surface area contributed by atoms with Crippen molar-refractivity contribution in [2.24, 2.45) is 4.74 Å². The van der Waals surface area contributed by atoms with Crippen LogP contribution in [0.2, 0.25) is 0 Å². The molecule has 0 aromatic heterocycles. The Bertz CT molecular complexity index is 838. The average Bonchev–Trinajstić information content (AvgIpc) is 3.30. The molecule has 2 rings (SSSR count). The summed E-state index contributed by atoms with van der Waals surface area (Å²) in [6.45, 7) is 29.4. The van der Waals surface area contributed by atoms with E-state index in [0.29, 0.717) is 0 Å². The topological polar surface area (TPSA) is 12.4 Å². The van der Waals surface area contributed by atoms with Gasteiger partial charge in [-0.15, -0.1) is 0 Å². The van der Waals surface area contributed by atoms with Crippen LogP contribution in [-0.2, 0) is 21.7 Å². The molecular weight excluding hydrogens is 453 g/mol. The number of benzene rings is 1. The molecule has 0 spiro atoms. The van der Waals surface area contributed by atoms with Crippen LogP contribution >= 0.6 is 7.05 Å². The number of nitrogens with zero attached hydrogens (tertiary/aromatic N) is 1. The largest absolute Gasteiger partial charge is 0.270 e. The van der Waals surface area contributed by atoms with Gasteiger partial charge < -0.3 is 0 Å². The summed E-state index contributed by atoms with van der Waals surface area (Å²) in [5, 5.41) is 0.778. The predicted molar refractivity (Wildman–Crippen MR) is 150 cm³/mol. The van der Waals surface area contributed by atoms with Crippen molar-refractivity contribution in [1.82, 2.24) is 0 Å². The molecule has 0 unspecified atom stereocenters. The Morgan fingerprint density at radius 3 is 1.70 bits per heavy atom. The molecule has 33 heavy (non-hydrogen) atoms. The number of hydrogen-bond acceptors (Lipinski definition) is 1. The van der Waals surface area contributed by atoms with Crippen LogP contribution in [0.5, 0.6) is 0 Å². The fourth-order valence-corrected chi connectivity index (χ4v) is 12.7. The second-order valence-corrected chi connectivity index (χ2v) is 15.7. The van der Waals surface area contributed by atoms with Gasteiger partial charge in [0.05, 0.1) is 0 Å². The van der Waals surface area contributed by atoms with Crippen LogP contribution in [0, 0.1) is 0 Å². The van der Waals surface area contributed by atoms with Gasteiger partial charge in [0.1, 0.15) is 0 Å². The summed E-state index contributed by atoms with van der Waals surface area (Å²) >= 11 is 0. The average molecular weight is 502 g/mol. The summed E-state index contributed by atoms with van der Waals surface area (Å²) in [4.78, 5) is 0. The van der Waals surface area contributed by atoms with Gasteiger partial charge in [-0.3, -0.25) is 4.74 Å². The molecule has 1 nitrogen and oxygen atoms in total. The second kappa shape index (κ2) is 13.3. The fraction of sp³-hybridized carbons (Fsp3) is 0.533. The third kappa shape index (κ3) is 7.07. The van der Waals surface area contributed by atoms with E-state index in [1.807, 2.05) is 30.3 Å². The Morgan fingerprint density at radius 1 is 0.909 bits per heavy atom. The molecule has 0 fully saturated rings. The van der Waals surface area contributed by atoms with Gasteiger partial charge >= 0.3 is 0 Å². The van der Waals surface area contributed by atoms with E-state index < -0.39 is 7.05 Å². The van der Waals surface area contributed by atoms with Gasteiger partial charge in [-0.2, -0.15) is 0 Å². The maximum Gasteiger partial charge on any atom is 0.0425 e. The van der Waals surface area contributed by atoms with E-state index in [0.717, 1.165) is 17.6 Å². The molecule has 0 radical (unpaired) electrons. The summed E-state index contributed by atoms with van der Waals surface area (Å²) in [7, 11) is -1.64. The molecule has 0 saturated heterocycles. The molecule has 182 valence electrons. The Kier molecular flexibility index (Phi) is 12.9. The normalized spacial score (nSPS) is 13.9. The minimum atomic E-state index is -1.64. The van der Waals surface area contributed by atoms with Gasteiger partial charge in [0.15, 0.2) is 0 Å². The van der Waals surface area contributed by atoms with E-state index in [2.05, 4.69) is 93.7 Å². The van der Waals surface area contributed by atoms with Crippen molar-refractivity contribution in [3.8, 4) is 0 Å². The van der Waals surface area contributed by atoms with Crippen molar-refractivity contribution in [2.45, 2.75) is 103 Å². The monoisotopic (exact) mass is 501 g/mol. The van der Waals surface area contributed by atoms with Crippen molar-refractivity contribution in [3.05, 3.63) is 79.1 Å². The van der Waals surface area contributed by atoms with Crippen LogP contribution in [0.4, 0.5) is 0 Å². The van der Waals surface area contributed by atoms with Crippen molar-refractivity contribution >= 4 is 12.6 Å². The maximum atomic E-state index is 5.64. The van der Waals surface area contributed by atoms with Gasteiger partial charge in [-0.25, -0.2) is 0 Å². The second-order valence-electron chi connectivity index (χ2n) is 10.6. The molecule has 0 heterocycles. The number of allylic oxidation sites excluding steroid dienone is 5. The van der Waals surface area contributed by atoms with Crippen molar-refractivity contribution in [1.29, 1.82) is 0 Å². The van der Waals surface area contributed by atoms with Crippen LogP contribution in [0.25, 0.3) is 5.57 Å². The first kappa shape index (κ1) is 32.1. The van der Waals surface area contributed by atoms with E-state index in [4.69, 9.17) is 4.74 Å². The Labute approximate surface area is 220 Å². The van der Waals surface area contributed by atoms with Crippen LogP contribution < -0.4 is 0 Å². The fourth-order valence-electron chi connectivity index (χ4n) is 5.02. The van der Waals surface area contributed by atoms with E-state index in [9.17, 15) is 0 Å². The van der Waals surface area contributed by atoms with Crippen molar-refractivity contribution in [3.63, 3.8) is 0 Å². The van der Waals surface area contributed by atoms with Crippen LogP contribution in [0.1, 0.15) is 93.6 Å². The molecule has 0 atom stereocenters. The zero-order valence-corrected chi connectivity index (χ0v) is 25.3. The first-order chi connectivity index (χ1) is 14.9. The van der Waals surface area contributed by atoms with E-state index in [1.54, 1.807) is 6.08 Å². The molecule has 0 aliphatic heterocycles. The third-order valence-corrected chi connectivity index (χ3v) is 14.4. The first-order valence-electron chi connectivity index (χ1n) is 12.2. The van der Waals surface area contributed by atoms with Gasteiger partial charge in [-0.05, 0) is 43.5 Å². The van der Waals surface area contributed by atoms with Gasteiger partial charge in [-0.1, -0.05) is 124 Å². The molecule has 1 aromatic rings. The van der Waals surface area contributed by atoms with Gasteiger partial charge in [0.25, 0.3) is 0 Å². The summed E-state index contributed by atoms with van der Waals surface area (Å²) in [6.07, 6.45) is 13.0. The molecule has 3 heteroatoms. The van der Waals surface area contributed by atoms with E-state index in [1.165, 1.54) is 25.0 Å². The minimum absolute atomic E-state index is 0. The summed E-state index contributed by atoms with van der Waals surface area (Å²) in [5.41, 5.74) is 3.41. The summed E-state index contributed by atoms with van der Waals surface area (Å²) < 4.78 is 5.64. The summed E-state index contributed by atoms with van der Waals surface area (Å²) in [5.74, 6) is 0. The predicted octanol–water partition coefficient (Wildman–Crippen LogP) is 10.5. The smallest absolute Gasteiger partial charge is 0.0425 e. The quantitative estimate of drug-likeness (QED) is 0.181. The van der Waals surface area contributed by atoms with Crippen LogP contribution in [0.15, 0.2) is 78.2 Å². The molecule has 1 aromatic carbocycles. The minimum Gasteiger partial charge on any atom is -0.270 e. The Morgan fingerprint density at radius 2 is 1.36 bits per heavy atom. The van der Waals surface area contributed by atoms with Crippen molar-refractivity contribution in [2.75, 3.05) is 0 Å². The Hall–Kier alpha value is -0.876. The van der Waals surface area contributed by atoms with Crippen molar-refractivity contribution < 1.29 is 21.7 Å². The van der Waals surface area contributed by atoms with Crippen LogP contribution in [0.3, 0.4) is 0 Å². The van der Waals surface area contributed by atoms with E-state index in [-0.39, 0.29) is 37.2 Å². The standard InChI is InChI=1S/C20H38NP.C10H10.Ti/c1-10-18(4,5)22(19(6,7)11-2,20(8,9)12-3)21-17-15-13-14-16-17;1-3-9(2)10-7-5-4-6-8-10;/h13-15H,10-12,16H2,1-9H3;3-8H,1-2H2;. The van der Waals surface area contributed by atoms with E-state index >= 15 is 0 Å². The third-order valence-electron chi connectivity index (χ3n) is 7.64. The number of rotatable bonds is 9. The molecule has 0 N–H and O–H groups in total. The maximum absolute atomic E-state index is 5.64. The molecule has 0 amide bonds. The Balaban J connectivity index is 0.000000779. The van der Waals surface area contributed by atoms with Gasteiger partial charge in [0.2, 0.25) is 0 Å². The SMILES string of the molecule is C=CC(=C)c1ccccc1.CCC(C)(C)P(=NC1=CC=CC1)(C(C)(C)CC)C(C)(C)CC.[Ti]. The van der Waals surface area contributed by atoms with Gasteiger partial charge in [0, 0.05) is 49.3 Å². The molecular formula is C30H48NPTi. The molecule has 0 saturated carbocycles. The molecule has 0 bridgehead atoms. The summed E-state index contributed by atoms with van der Waals surface area (Å²) in [6, 6.07) is 10.0. The van der Waals surface area contributed by atoms with Crippen LogP contribution in [-0.4, -0.2) is 15.5 Å². The zero-order chi connectivity index (χ0) is 24.6.